The monoisotopic (exact) mass is 561 g/mol. The van der Waals surface area contributed by atoms with Crippen molar-refractivity contribution in [3.63, 3.8) is 0 Å². The Bertz CT molecular complexity index is 1160. The molecule has 4 N–H and O–H groups in total. The zero-order valence-electron chi connectivity index (χ0n) is 23.7. The van der Waals surface area contributed by atoms with Crippen molar-refractivity contribution >= 4 is 35.2 Å². The Hall–Kier alpha value is -3.30. The highest BCUT2D eigenvalue weighted by Gasteiger charge is 2.39. The molecule has 0 radical (unpaired) electrons. The number of aryl methyl sites for hydroxylation is 2. The van der Waals surface area contributed by atoms with Crippen LogP contribution >= 0.6 is 11.6 Å². The van der Waals surface area contributed by atoms with Gasteiger partial charge in [-0.05, 0) is 57.7 Å². The molecule has 0 spiro atoms. The summed E-state index contributed by atoms with van der Waals surface area (Å²) < 4.78 is 5.38. The molecule has 0 heterocycles. The van der Waals surface area contributed by atoms with E-state index < -0.39 is 42.2 Å². The fraction of sp³-hybridized carbons (Fsp3) is 0.483. The Morgan fingerprint density at radius 3 is 2.26 bits per heavy atom. The van der Waals surface area contributed by atoms with E-state index in [9.17, 15) is 24.6 Å². The highest BCUT2D eigenvalue weighted by Crippen LogP contribution is 2.34. The number of anilines is 1. The summed E-state index contributed by atoms with van der Waals surface area (Å²) in [6.45, 7) is 11.5. The summed E-state index contributed by atoms with van der Waals surface area (Å²) in [5, 5.41) is 26.7. The topological polar surface area (TPSA) is 128 Å². The molecular formula is C29H40ClN3O6. The summed E-state index contributed by atoms with van der Waals surface area (Å²) in [6.07, 6.45) is -0.249. The van der Waals surface area contributed by atoms with Gasteiger partial charge in [-0.2, -0.15) is 0 Å². The molecule has 3 unspecified atom stereocenters. The van der Waals surface area contributed by atoms with Crippen molar-refractivity contribution in [1.29, 1.82) is 0 Å². The van der Waals surface area contributed by atoms with Crippen LogP contribution in [0.1, 0.15) is 63.8 Å². The minimum atomic E-state index is -1.35. The minimum Gasteiger partial charge on any atom is -0.507 e. The molecule has 39 heavy (non-hydrogen) atoms. The van der Waals surface area contributed by atoms with E-state index in [1.165, 1.54) is 4.90 Å². The molecule has 2 aromatic carbocycles. The lowest BCUT2D eigenvalue weighted by atomic mass is 9.95. The van der Waals surface area contributed by atoms with Crippen LogP contribution in [0.5, 0.6) is 5.75 Å². The Morgan fingerprint density at radius 1 is 1.08 bits per heavy atom. The number of carbonyl (C=O) groups is 3. The van der Waals surface area contributed by atoms with Crippen molar-refractivity contribution in [2.45, 2.75) is 72.6 Å². The summed E-state index contributed by atoms with van der Waals surface area (Å²) in [7, 11) is 0. The summed E-state index contributed by atoms with van der Waals surface area (Å²) in [4.78, 5) is 41.8. The smallest absolute Gasteiger partial charge is 0.408 e. The summed E-state index contributed by atoms with van der Waals surface area (Å²) in [6, 6.07) is 7.62. The van der Waals surface area contributed by atoms with E-state index in [4.69, 9.17) is 16.3 Å². The number of aromatic hydroxyl groups is 1. The SMILES string of the molecule is CCC(C)C(NC(=O)OC(C)(C)C)C(=O)N(CCO)C(C(=O)Nc1c(C)cccc1Cl)c1cccc(C)c1O. The number of alkyl carbamates (subject to hydrolysis) is 1. The second kappa shape index (κ2) is 13.7. The number of phenols is 1. The molecule has 3 atom stereocenters. The first-order valence-corrected chi connectivity index (χ1v) is 13.3. The fourth-order valence-electron chi connectivity index (χ4n) is 4.11. The van der Waals surface area contributed by atoms with E-state index in [1.54, 1.807) is 77.9 Å². The predicted molar refractivity (Wildman–Crippen MR) is 152 cm³/mol. The molecule has 0 aromatic heterocycles. The van der Waals surface area contributed by atoms with Gasteiger partial charge in [0.05, 0.1) is 17.3 Å². The maximum absolute atomic E-state index is 14.1. The standard InChI is InChI=1S/C29H40ClN3O6/c1-8-17(2)23(32-28(38)39-29(5,6)7)27(37)33(15-16-34)24(20-13-9-12-19(4)25(20)35)26(36)31-22-18(3)11-10-14-21(22)30/h9-14,17,23-24,34-35H,8,15-16H2,1-7H3,(H,31,36)(H,32,38). The van der Waals surface area contributed by atoms with Gasteiger partial charge >= 0.3 is 6.09 Å². The Morgan fingerprint density at radius 2 is 1.69 bits per heavy atom. The molecule has 10 heteroatoms. The number of benzene rings is 2. The lowest BCUT2D eigenvalue weighted by Gasteiger charge is -2.36. The number of hydrogen-bond acceptors (Lipinski definition) is 6. The highest BCUT2D eigenvalue weighted by molar-refractivity contribution is 6.34. The first-order valence-electron chi connectivity index (χ1n) is 13.0. The summed E-state index contributed by atoms with van der Waals surface area (Å²) >= 11 is 6.36. The van der Waals surface area contributed by atoms with Crippen molar-refractivity contribution in [2.75, 3.05) is 18.5 Å². The third-order valence-corrected chi connectivity index (χ3v) is 6.68. The number of amides is 3. The number of halogens is 1. The molecular weight excluding hydrogens is 522 g/mol. The van der Waals surface area contributed by atoms with Crippen molar-refractivity contribution in [2.24, 2.45) is 5.92 Å². The molecule has 0 saturated carbocycles. The van der Waals surface area contributed by atoms with Gasteiger partial charge in [-0.1, -0.05) is 62.2 Å². The maximum Gasteiger partial charge on any atom is 0.408 e. The zero-order valence-corrected chi connectivity index (χ0v) is 24.4. The predicted octanol–water partition coefficient (Wildman–Crippen LogP) is 5.10. The van der Waals surface area contributed by atoms with Crippen LogP contribution in [0.2, 0.25) is 5.02 Å². The lowest BCUT2D eigenvalue weighted by Crippen LogP contribution is -2.55. The molecule has 0 bridgehead atoms. The van der Waals surface area contributed by atoms with Gasteiger partial charge in [0.2, 0.25) is 5.91 Å². The zero-order chi connectivity index (χ0) is 29.5. The number of phenolic OH excluding ortho intramolecular Hbond substituents is 1. The summed E-state index contributed by atoms with van der Waals surface area (Å²) in [5.41, 5.74) is 0.941. The number of aliphatic hydroxyl groups excluding tert-OH is 1. The molecule has 0 saturated heterocycles. The van der Waals surface area contributed by atoms with Crippen LogP contribution in [-0.2, 0) is 14.3 Å². The second-order valence-corrected chi connectivity index (χ2v) is 11.0. The number of hydrogen-bond donors (Lipinski definition) is 4. The Kier molecular flexibility index (Phi) is 11.2. The second-order valence-electron chi connectivity index (χ2n) is 10.6. The first-order chi connectivity index (χ1) is 18.2. The molecule has 2 rings (SSSR count). The maximum atomic E-state index is 14.1. The minimum absolute atomic E-state index is 0.163. The number of nitrogens with one attached hydrogen (secondary N) is 2. The molecule has 0 aliphatic heterocycles. The van der Waals surface area contributed by atoms with Crippen LogP contribution in [0.3, 0.4) is 0 Å². The third kappa shape index (κ3) is 8.34. The molecule has 0 aliphatic carbocycles. The van der Waals surface area contributed by atoms with Gasteiger partial charge in [-0.25, -0.2) is 4.79 Å². The fourth-order valence-corrected chi connectivity index (χ4v) is 4.37. The number of rotatable bonds is 10. The first kappa shape index (κ1) is 31.9. The van der Waals surface area contributed by atoms with Crippen LogP contribution in [0.15, 0.2) is 36.4 Å². The van der Waals surface area contributed by atoms with E-state index in [0.717, 1.165) is 0 Å². The molecule has 0 fully saturated rings. The number of carbonyl (C=O) groups excluding carboxylic acids is 3. The number of nitrogens with zero attached hydrogens (tertiary/aromatic N) is 1. The van der Waals surface area contributed by atoms with Crippen LogP contribution in [0.25, 0.3) is 0 Å². The average molecular weight is 562 g/mol. The number of aliphatic hydroxyl groups is 1. The van der Waals surface area contributed by atoms with Crippen molar-refractivity contribution in [3.8, 4) is 5.75 Å². The molecule has 3 amide bonds. The number of para-hydroxylation sites is 2. The van der Waals surface area contributed by atoms with Crippen LogP contribution in [-0.4, -0.2) is 57.8 Å². The number of ether oxygens (including phenoxy) is 1. The quantitative estimate of drug-likeness (QED) is 0.319. The van der Waals surface area contributed by atoms with Crippen molar-refractivity contribution < 1.29 is 29.3 Å². The molecule has 0 aliphatic rings. The lowest BCUT2D eigenvalue weighted by molar-refractivity contribution is -0.142. The average Bonchev–Trinajstić information content (AvgIpc) is 2.85. The van der Waals surface area contributed by atoms with Gasteiger partial charge in [0.25, 0.3) is 5.91 Å². The van der Waals surface area contributed by atoms with E-state index in [1.807, 2.05) is 6.92 Å². The van der Waals surface area contributed by atoms with E-state index in [0.29, 0.717) is 28.3 Å². The Balaban J connectivity index is 2.62. The van der Waals surface area contributed by atoms with Gasteiger partial charge in [-0.3, -0.25) is 9.59 Å². The van der Waals surface area contributed by atoms with Gasteiger partial charge < -0.3 is 30.5 Å². The van der Waals surface area contributed by atoms with E-state index in [-0.39, 0.29) is 23.8 Å². The molecule has 2 aromatic rings. The van der Waals surface area contributed by atoms with Gasteiger partial charge in [0.15, 0.2) is 0 Å². The third-order valence-electron chi connectivity index (χ3n) is 6.37. The molecule has 9 nitrogen and oxygen atoms in total. The van der Waals surface area contributed by atoms with Gasteiger partial charge in [0, 0.05) is 12.1 Å². The normalized spacial score (nSPS) is 13.7. The van der Waals surface area contributed by atoms with Crippen LogP contribution < -0.4 is 10.6 Å². The highest BCUT2D eigenvalue weighted by atomic mass is 35.5. The van der Waals surface area contributed by atoms with Gasteiger partial charge in [0.1, 0.15) is 23.4 Å². The van der Waals surface area contributed by atoms with Crippen molar-refractivity contribution in [3.05, 3.63) is 58.1 Å². The van der Waals surface area contributed by atoms with E-state index in [2.05, 4.69) is 10.6 Å². The largest absolute Gasteiger partial charge is 0.507 e. The Labute approximate surface area is 235 Å². The van der Waals surface area contributed by atoms with Crippen LogP contribution in [0.4, 0.5) is 10.5 Å². The molecule has 214 valence electrons. The van der Waals surface area contributed by atoms with Crippen LogP contribution in [0, 0.1) is 19.8 Å². The summed E-state index contributed by atoms with van der Waals surface area (Å²) in [5.74, 6) is -1.76. The van der Waals surface area contributed by atoms with Crippen molar-refractivity contribution in [1.82, 2.24) is 10.2 Å². The van der Waals surface area contributed by atoms with E-state index >= 15 is 0 Å². The van der Waals surface area contributed by atoms with Gasteiger partial charge in [-0.15, -0.1) is 0 Å².